The largest absolute Gasteiger partial charge is 0.392 e. The molecular formula is C12H15NO. The summed E-state index contributed by atoms with van der Waals surface area (Å²) in [7, 11) is 0. The Kier molecular flexibility index (Phi) is 2.30. The van der Waals surface area contributed by atoms with Crippen molar-refractivity contribution in [2.24, 2.45) is 0 Å². The summed E-state index contributed by atoms with van der Waals surface area (Å²) < 4.78 is 2.20. The highest BCUT2D eigenvalue weighted by molar-refractivity contribution is 5.83. The lowest BCUT2D eigenvalue weighted by molar-refractivity contribution is 0.283. The second kappa shape index (κ2) is 3.46. The van der Waals surface area contributed by atoms with E-state index in [0.717, 1.165) is 10.9 Å². The molecule has 0 spiro atoms. The number of benzene rings is 1. The van der Waals surface area contributed by atoms with E-state index >= 15 is 0 Å². The van der Waals surface area contributed by atoms with Crippen LogP contribution in [0.1, 0.15) is 25.5 Å². The van der Waals surface area contributed by atoms with Crippen molar-refractivity contribution in [2.75, 3.05) is 0 Å². The van der Waals surface area contributed by atoms with Crippen LogP contribution in [0.4, 0.5) is 0 Å². The molecule has 0 fully saturated rings. The lowest BCUT2D eigenvalue weighted by atomic mass is 10.2. The van der Waals surface area contributed by atoms with Gasteiger partial charge in [0.25, 0.3) is 0 Å². The zero-order valence-electron chi connectivity index (χ0n) is 8.57. The predicted molar refractivity (Wildman–Crippen MR) is 58.2 cm³/mol. The van der Waals surface area contributed by atoms with Gasteiger partial charge in [0.2, 0.25) is 0 Å². The first-order valence-corrected chi connectivity index (χ1v) is 4.93. The van der Waals surface area contributed by atoms with Crippen molar-refractivity contribution in [3.05, 3.63) is 36.0 Å². The molecule has 0 saturated heterocycles. The standard InChI is InChI=1S/C12H15NO/c1-9(2)13-7-10(8-14)11-5-3-4-6-12(11)13/h3-7,9,14H,8H2,1-2H3. The molecule has 0 amide bonds. The first-order valence-electron chi connectivity index (χ1n) is 4.93. The van der Waals surface area contributed by atoms with E-state index in [2.05, 4.69) is 30.5 Å². The lowest BCUT2D eigenvalue weighted by Crippen LogP contribution is -1.97. The monoisotopic (exact) mass is 189 g/mol. The van der Waals surface area contributed by atoms with Crippen molar-refractivity contribution in [3.63, 3.8) is 0 Å². The number of hydrogen-bond acceptors (Lipinski definition) is 1. The number of aliphatic hydroxyl groups excluding tert-OH is 1. The fourth-order valence-corrected chi connectivity index (χ4v) is 1.83. The van der Waals surface area contributed by atoms with E-state index in [1.165, 1.54) is 5.52 Å². The van der Waals surface area contributed by atoms with Crippen LogP contribution in [-0.4, -0.2) is 9.67 Å². The van der Waals surface area contributed by atoms with Gasteiger partial charge in [0.05, 0.1) is 6.61 Å². The van der Waals surface area contributed by atoms with E-state index in [1.54, 1.807) is 0 Å². The van der Waals surface area contributed by atoms with E-state index in [0.29, 0.717) is 6.04 Å². The van der Waals surface area contributed by atoms with Crippen molar-refractivity contribution in [3.8, 4) is 0 Å². The molecule has 14 heavy (non-hydrogen) atoms. The second-order valence-corrected chi connectivity index (χ2v) is 3.83. The molecule has 0 aliphatic rings. The van der Waals surface area contributed by atoms with Crippen LogP contribution in [0.15, 0.2) is 30.5 Å². The van der Waals surface area contributed by atoms with Gasteiger partial charge in [-0.15, -0.1) is 0 Å². The summed E-state index contributed by atoms with van der Waals surface area (Å²) in [6.07, 6.45) is 2.04. The Bertz CT molecular complexity index is 443. The third-order valence-electron chi connectivity index (χ3n) is 2.55. The fourth-order valence-electron chi connectivity index (χ4n) is 1.83. The fraction of sp³-hybridized carbons (Fsp3) is 0.333. The summed E-state index contributed by atoms with van der Waals surface area (Å²) in [5.41, 5.74) is 2.21. The molecule has 1 heterocycles. The Hall–Kier alpha value is -1.28. The smallest absolute Gasteiger partial charge is 0.0702 e. The number of nitrogens with zero attached hydrogens (tertiary/aromatic N) is 1. The first kappa shape index (κ1) is 9.28. The molecular weight excluding hydrogens is 174 g/mol. The molecule has 0 saturated carbocycles. The van der Waals surface area contributed by atoms with E-state index in [1.807, 2.05) is 18.3 Å². The zero-order valence-corrected chi connectivity index (χ0v) is 8.57. The van der Waals surface area contributed by atoms with Gasteiger partial charge in [-0.1, -0.05) is 18.2 Å². The van der Waals surface area contributed by atoms with Gasteiger partial charge in [-0.05, 0) is 19.9 Å². The second-order valence-electron chi connectivity index (χ2n) is 3.83. The van der Waals surface area contributed by atoms with Crippen LogP contribution < -0.4 is 0 Å². The summed E-state index contributed by atoms with van der Waals surface area (Å²) in [5.74, 6) is 0. The van der Waals surface area contributed by atoms with Crippen LogP contribution in [0.3, 0.4) is 0 Å². The number of aliphatic hydroxyl groups is 1. The molecule has 0 radical (unpaired) electrons. The van der Waals surface area contributed by atoms with E-state index in [9.17, 15) is 5.11 Å². The van der Waals surface area contributed by atoms with Crippen LogP contribution in [0.5, 0.6) is 0 Å². The SMILES string of the molecule is CC(C)n1cc(CO)c2ccccc21. The molecule has 1 N–H and O–H groups in total. The Balaban J connectivity index is 2.73. The third-order valence-corrected chi connectivity index (χ3v) is 2.55. The minimum absolute atomic E-state index is 0.111. The Morgan fingerprint density at radius 1 is 1.29 bits per heavy atom. The molecule has 0 aliphatic carbocycles. The highest BCUT2D eigenvalue weighted by atomic mass is 16.3. The predicted octanol–water partition coefficient (Wildman–Crippen LogP) is 2.71. The maximum Gasteiger partial charge on any atom is 0.0702 e. The van der Waals surface area contributed by atoms with Crippen LogP contribution in [-0.2, 0) is 6.61 Å². The van der Waals surface area contributed by atoms with E-state index < -0.39 is 0 Å². The van der Waals surface area contributed by atoms with Crippen molar-refractivity contribution in [2.45, 2.75) is 26.5 Å². The highest BCUT2D eigenvalue weighted by Crippen LogP contribution is 2.24. The minimum atomic E-state index is 0.111. The van der Waals surface area contributed by atoms with Crippen LogP contribution in [0.2, 0.25) is 0 Å². The molecule has 2 nitrogen and oxygen atoms in total. The van der Waals surface area contributed by atoms with Crippen LogP contribution in [0, 0.1) is 0 Å². The molecule has 0 unspecified atom stereocenters. The average molecular weight is 189 g/mol. The molecule has 1 aromatic carbocycles. The number of fused-ring (bicyclic) bond motifs is 1. The van der Waals surface area contributed by atoms with Gasteiger partial charge in [0.15, 0.2) is 0 Å². The number of hydrogen-bond donors (Lipinski definition) is 1. The summed E-state index contributed by atoms with van der Waals surface area (Å²) >= 11 is 0. The maximum absolute atomic E-state index is 9.22. The van der Waals surface area contributed by atoms with E-state index in [-0.39, 0.29) is 6.61 Å². The highest BCUT2D eigenvalue weighted by Gasteiger charge is 2.08. The van der Waals surface area contributed by atoms with Crippen molar-refractivity contribution < 1.29 is 5.11 Å². The van der Waals surface area contributed by atoms with Gasteiger partial charge in [-0.3, -0.25) is 0 Å². The van der Waals surface area contributed by atoms with Gasteiger partial charge in [-0.2, -0.15) is 0 Å². The Morgan fingerprint density at radius 3 is 2.64 bits per heavy atom. The van der Waals surface area contributed by atoms with Gasteiger partial charge in [-0.25, -0.2) is 0 Å². The number of para-hydroxylation sites is 1. The number of aromatic nitrogens is 1. The minimum Gasteiger partial charge on any atom is -0.392 e. The lowest BCUT2D eigenvalue weighted by Gasteiger charge is -2.08. The summed E-state index contributed by atoms with van der Waals surface area (Å²) in [5, 5.41) is 10.4. The van der Waals surface area contributed by atoms with Crippen LogP contribution >= 0.6 is 0 Å². The Morgan fingerprint density at radius 2 is 2.00 bits per heavy atom. The third kappa shape index (κ3) is 1.32. The molecule has 74 valence electrons. The normalized spacial score (nSPS) is 11.4. The molecule has 1 aromatic heterocycles. The topological polar surface area (TPSA) is 25.2 Å². The molecule has 2 rings (SSSR count). The Labute approximate surface area is 83.8 Å². The maximum atomic E-state index is 9.22. The molecule has 2 heteroatoms. The molecule has 2 aromatic rings. The van der Waals surface area contributed by atoms with Crippen molar-refractivity contribution in [1.29, 1.82) is 0 Å². The molecule has 0 aliphatic heterocycles. The summed E-state index contributed by atoms with van der Waals surface area (Å²) in [6, 6.07) is 8.61. The average Bonchev–Trinajstić information content (AvgIpc) is 2.56. The quantitative estimate of drug-likeness (QED) is 0.772. The summed E-state index contributed by atoms with van der Waals surface area (Å²) in [6.45, 7) is 4.40. The first-order chi connectivity index (χ1) is 6.74. The zero-order chi connectivity index (χ0) is 10.1. The number of rotatable bonds is 2. The molecule has 0 atom stereocenters. The van der Waals surface area contributed by atoms with Crippen LogP contribution in [0.25, 0.3) is 10.9 Å². The van der Waals surface area contributed by atoms with E-state index in [4.69, 9.17) is 0 Å². The van der Waals surface area contributed by atoms with Crippen molar-refractivity contribution >= 4 is 10.9 Å². The van der Waals surface area contributed by atoms with Gasteiger partial charge < -0.3 is 9.67 Å². The van der Waals surface area contributed by atoms with Gasteiger partial charge in [0.1, 0.15) is 0 Å². The molecule has 0 bridgehead atoms. The summed E-state index contributed by atoms with van der Waals surface area (Å²) in [4.78, 5) is 0. The van der Waals surface area contributed by atoms with Gasteiger partial charge in [0, 0.05) is 28.7 Å². The van der Waals surface area contributed by atoms with Gasteiger partial charge >= 0.3 is 0 Å². The van der Waals surface area contributed by atoms with Crippen molar-refractivity contribution in [1.82, 2.24) is 4.57 Å².